The van der Waals surface area contributed by atoms with Crippen LogP contribution in [0.5, 0.6) is 0 Å². The Kier molecular flexibility index (Phi) is 9.10. The number of ether oxygens (including phenoxy) is 1. The van der Waals surface area contributed by atoms with Crippen LogP contribution < -0.4 is 0 Å². The van der Waals surface area contributed by atoms with Gasteiger partial charge < -0.3 is 9.84 Å². The predicted octanol–water partition coefficient (Wildman–Crippen LogP) is 7.95. The third-order valence-electron chi connectivity index (χ3n) is 8.49. The Morgan fingerprint density at radius 2 is 1.30 bits per heavy atom. The Bertz CT molecular complexity index is 1020. The zero-order chi connectivity index (χ0) is 25.3. The summed E-state index contributed by atoms with van der Waals surface area (Å²) in [6.07, 6.45) is 11.6. The summed E-state index contributed by atoms with van der Waals surface area (Å²) in [4.78, 5) is 2.32. The van der Waals surface area contributed by atoms with Crippen LogP contribution in [0.25, 0.3) is 0 Å². The molecule has 0 radical (unpaired) electrons. The van der Waals surface area contributed by atoms with E-state index in [1.54, 1.807) is 0 Å². The quantitative estimate of drug-likeness (QED) is 0.288. The summed E-state index contributed by atoms with van der Waals surface area (Å²) < 4.78 is 6.50. The second-order valence-corrected chi connectivity index (χ2v) is 11.0. The second-order valence-electron chi connectivity index (χ2n) is 11.0. The highest BCUT2D eigenvalue weighted by Gasteiger charge is 2.36. The number of benzene rings is 3. The van der Waals surface area contributed by atoms with Crippen LogP contribution in [0.4, 0.5) is 0 Å². The molecule has 2 aliphatic rings. The number of nitrogens with zero attached hydrogens (tertiary/aromatic N) is 1. The number of rotatable bonds is 10. The SMILES string of the molecule is OC(CCCOC(c1ccccc1)c1ccccc1)(c1ccc(C2CCCCC2)cc1)N1CCCCC1. The summed E-state index contributed by atoms with van der Waals surface area (Å²) in [5.41, 5.74) is 3.87. The molecule has 1 atom stereocenters. The van der Waals surface area contributed by atoms with Gasteiger partial charge in [-0.1, -0.05) is 111 Å². The van der Waals surface area contributed by atoms with Crippen LogP contribution >= 0.6 is 0 Å². The molecule has 0 amide bonds. The van der Waals surface area contributed by atoms with E-state index in [9.17, 15) is 5.11 Å². The van der Waals surface area contributed by atoms with Gasteiger partial charge in [-0.25, -0.2) is 0 Å². The summed E-state index contributed by atoms with van der Waals surface area (Å²) >= 11 is 0. The van der Waals surface area contributed by atoms with E-state index in [0.717, 1.165) is 37.9 Å². The third kappa shape index (κ3) is 6.52. The van der Waals surface area contributed by atoms with E-state index in [0.29, 0.717) is 18.9 Å². The van der Waals surface area contributed by atoms with Crippen LogP contribution in [0, 0.1) is 0 Å². The molecule has 0 aromatic heterocycles. The number of hydrogen-bond donors (Lipinski definition) is 1. The largest absolute Gasteiger partial charge is 0.371 e. The van der Waals surface area contributed by atoms with Crippen LogP contribution in [-0.2, 0) is 10.5 Å². The molecule has 5 rings (SSSR count). The maximum Gasteiger partial charge on any atom is 0.144 e. The molecular weight excluding hydrogens is 454 g/mol. The highest BCUT2D eigenvalue weighted by atomic mass is 16.5. The van der Waals surface area contributed by atoms with Crippen molar-refractivity contribution in [3.63, 3.8) is 0 Å². The molecule has 1 aliphatic carbocycles. The standard InChI is InChI=1S/C34H43NO2/c36-34(35-25-11-4-12-26-35,32-22-20-29(21-23-32)28-14-5-1-6-15-28)24-13-27-37-33(30-16-7-2-8-17-30)31-18-9-3-10-19-31/h2-3,7-10,16-23,28,33,36H,1,4-6,11-15,24-27H2. The molecular formula is C34H43NO2. The summed E-state index contributed by atoms with van der Waals surface area (Å²) in [5, 5.41) is 12.2. The lowest BCUT2D eigenvalue weighted by Gasteiger charge is -2.42. The van der Waals surface area contributed by atoms with Crippen molar-refractivity contribution in [2.45, 2.75) is 82.0 Å². The van der Waals surface area contributed by atoms with Gasteiger partial charge in [0.25, 0.3) is 0 Å². The lowest BCUT2D eigenvalue weighted by Crippen LogP contribution is -2.48. The summed E-state index contributed by atoms with van der Waals surface area (Å²) in [6, 6.07) is 29.9. The lowest BCUT2D eigenvalue weighted by molar-refractivity contribution is -0.133. The molecule has 1 aliphatic heterocycles. The zero-order valence-electron chi connectivity index (χ0n) is 22.2. The average molecular weight is 498 g/mol. The van der Waals surface area contributed by atoms with Crippen molar-refractivity contribution in [1.29, 1.82) is 0 Å². The van der Waals surface area contributed by atoms with E-state index in [1.165, 1.54) is 55.2 Å². The first-order valence-electron chi connectivity index (χ1n) is 14.5. The molecule has 3 aromatic rings. The van der Waals surface area contributed by atoms with Gasteiger partial charge >= 0.3 is 0 Å². The lowest BCUT2D eigenvalue weighted by atomic mass is 9.83. The Hall–Kier alpha value is -2.46. The van der Waals surface area contributed by atoms with Gasteiger partial charge in [-0.2, -0.15) is 0 Å². The molecule has 37 heavy (non-hydrogen) atoms. The predicted molar refractivity (Wildman–Crippen MR) is 152 cm³/mol. The minimum atomic E-state index is -0.941. The first-order chi connectivity index (χ1) is 18.2. The number of aliphatic hydroxyl groups is 1. The summed E-state index contributed by atoms with van der Waals surface area (Å²) in [6.45, 7) is 2.52. The van der Waals surface area contributed by atoms with Gasteiger partial charge in [0.1, 0.15) is 11.8 Å². The number of likely N-dealkylation sites (tertiary alicyclic amines) is 1. The monoisotopic (exact) mass is 497 g/mol. The highest BCUT2D eigenvalue weighted by molar-refractivity contribution is 5.31. The van der Waals surface area contributed by atoms with E-state index in [2.05, 4.69) is 77.7 Å². The van der Waals surface area contributed by atoms with Crippen molar-refractivity contribution in [3.05, 3.63) is 107 Å². The van der Waals surface area contributed by atoms with Gasteiger partial charge in [0, 0.05) is 19.7 Å². The maximum absolute atomic E-state index is 12.2. The van der Waals surface area contributed by atoms with Crippen LogP contribution in [-0.4, -0.2) is 29.7 Å². The van der Waals surface area contributed by atoms with E-state index in [1.807, 2.05) is 12.1 Å². The minimum absolute atomic E-state index is 0.0970. The van der Waals surface area contributed by atoms with Crippen molar-refractivity contribution >= 4 is 0 Å². The smallest absolute Gasteiger partial charge is 0.144 e. The molecule has 1 N–H and O–H groups in total. The van der Waals surface area contributed by atoms with E-state index >= 15 is 0 Å². The first-order valence-corrected chi connectivity index (χ1v) is 14.5. The minimum Gasteiger partial charge on any atom is -0.371 e. The molecule has 3 heteroatoms. The third-order valence-corrected chi connectivity index (χ3v) is 8.49. The zero-order valence-corrected chi connectivity index (χ0v) is 22.2. The Morgan fingerprint density at radius 1 is 0.730 bits per heavy atom. The molecule has 1 unspecified atom stereocenters. The van der Waals surface area contributed by atoms with Gasteiger partial charge in [-0.05, 0) is 66.7 Å². The molecule has 0 bridgehead atoms. The van der Waals surface area contributed by atoms with Gasteiger partial charge in [0.05, 0.1) is 0 Å². The number of piperidine rings is 1. The van der Waals surface area contributed by atoms with Crippen LogP contribution in [0.2, 0.25) is 0 Å². The van der Waals surface area contributed by atoms with Crippen LogP contribution in [0.3, 0.4) is 0 Å². The van der Waals surface area contributed by atoms with Gasteiger partial charge in [-0.3, -0.25) is 4.90 Å². The molecule has 196 valence electrons. The molecule has 1 heterocycles. The maximum atomic E-state index is 12.2. The number of hydrogen-bond acceptors (Lipinski definition) is 3. The van der Waals surface area contributed by atoms with E-state index < -0.39 is 5.72 Å². The average Bonchev–Trinajstić information content (AvgIpc) is 2.99. The topological polar surface area (TPSA) is 32.7 Å². The normalized spacial score (nSPS) is 19.1. The fraction of sp³-hybridized carbons (Fsp3) is 0.471. The van der Waals surface area contributed by atoms with Gasteiger partial charge in [-0.15, -0.1) is 0 Å². The molecule has 0 spiro atoms. The molecule has 2 fully saturated rings. The van der Waals surface area contributed by atoms with Crippen molar-refractivity contribution < 1.29 is 9.84 Å². The highest BCUT2D eigenvalue weighted by Crippen LogP contribution is 2.37. The second kappa shape index (κ2) is 12.9. The fourth-order valence-corrected chi connectivity index (χ4v) is 6.37. The summed E-state index contributed by atoms with van der Waals surface area (Å²) in [5.74, 6) is 0.687. The first kappa shape index (κ1) is 26.2. The van der Waals surface area contributed by atoms with Gasteiger partial charge in [0.2, 0.25) is 0 Å². The Morgan fingerprint density at radius 3 is 1.89 bits per heavy atom. The summed E-state index contributed by atoms with van der Waals surface area (Å²) in [7, 11) is 0. The Labute approximate surface area is 223 Å². The van der Waals surface area contributed by atoms with Crippen molar-refractivity contribution in [3.8, 4) is 0 Å². The van der Waals surface area contributed by atoms with E-state index in [4.69, 9.17) is 4.74 Å². The fourth-order valence-electron chi connectivity index (χ4n) is 6.37. The van der Waals surface area contributed by atoms with Gasteiger partial charge in [0.15, 0.2) is 0 Å². The van der Waals surface area contributed by atoms with Crippen molar-refractivity contribution in [2.75, 3.05) is 19.7 Å². The van der Waals surface area contributed by atoms with Crippen LogP contribution in [0.15, 0.2) is 84.9 Å². The molecule has 1 saturated heterocycles. The van der Waals surface area contributed by atoms with Crippen molar-refractivity contribution in [1.82, 2.24) is 4.90 Å². The molecule has 3 aromatic carbocycles. The van der Waals surface area contributed by atoms with Crippen LogP contribution in [0.1, 0.15) is 98.5 Å². The van der Waals surface area contributed by atoms with E-state index in [-0.39, 0.29) is 6.10 Å². The molecule has 3 nitrogen and oxygen atoms in total. The van der Waals surface area contributed by atoms with Crippen molar-refractivity contribution in [2.24, 2.45) is 0 Å². The molecule has 1 saturated carbocycles. The Balaban J connectivity index is 1.28.